The van der Waals surface area contributed by atoms with Crippen molar-refractivity contribution >= 4 is 12.7 Å². The first-order valence-corrected chi connectivity index (χ1v) is 5.86. The van der Waals surface area contributed by atoms with Crippen LogP contribution in [0.1, 0.15) is 18.3 Å². The molecule has 2 aromatic rings. The fourth-order valence-electron chi connectivity index (χ4n) is 2.29. The largest absolute Gasteiger partial charge is 0.214 e. The van der Waals surface area contributed by atoms with E-state index < -0.39 is 0 Å². The molecule has 2 aromatic carbocycles. The van der Waals surface area contributed by atoms with Crippen molar-refractivity contribution in [1.82, 2.24) is 0 Å². The smallest absolute Gasteiger partial charge is 0.120 e. The van der Waals surface area contributed by atoms with Gasteiger partial charge in [0.15, 0.2) is 0 Å². The van der Waals surface area contributed by atoms with E-state index in [0.717, 1.165) is 0 Å². The van der Waals surface area contributed by atoms with Gasteiger partial charge >= 0.3 is 0 Å². The normalized spacial score (nSPS) is 12.4. The standard InChI is InChI=1S/C14H15BF/c1-11(12-6-3-2-4-7-12)15-13-8-5-9-14(16)10-13/h2-11H,15H2,1H3/q-1. The quantitative estimate of drug-likeness (QED) is 0.686. The predicted octanol–water partition coefficient (Wildman–Crippen LogP) is 2.38. The summed E-state index contributed by atoms with van der Waals surface area (Å²) in [5.74, 6) is 0.421. The zero-order valence-electron chi connectivity index (χ0n) is 9.65. The first-order chi connectivity index (χ1) is 7.75. The van der Waals surface area contributed by atoms with E-state index in [-0.39, 0.29) is 13.1 Å². The van der Waals surface area contributed by atoms with Crippen LogP contribution in [-0.4, -0.2) is 7.28 Å². The van der Waals surface area contributed by atoms with Gasteiger partial charge in [-0.2, -0.15) is 0 Å². The Morgan fingerprint density at radius 3 is 2.44 bits per heavy atom. The van der Waals surface area contributed by atoms with Crippen LogP contribution in [-0.2, 0) is 0 Å². The van der Waals surface area contributed by atoms with Gasteiger partial charge in [0.2, 0.25) is 0 Å². The minimum atomic E-state index is -0.314. The fourth-order valence-corrected chi connectivity index (χ4v) is 2.29. The van der Waals surface area contributed by atoms with Gasteiger partial charge in [-0.3, -0.25) is 0 Å². The van der Waals surface area contributed by atoms with Crippen molar-refractivity contribution in [3.63, 3.8) is 0 Å². The summed E-state index contributed by atoms with van der Waals surface area (Å²) < 4.78 is 13.0. The Labute approximate surface area is 96.4 Å². The summed E-state index contributed by atoms with van der Waals surface area (Å²) in [7, 11) is -0.314. The number of hydrogen-bond acceptors (Lipinski definition) is 0. The topological polar surface area (TPSA) is 0 Å². The van der Waals surface area contributed by atoms with Crippen molar-refractivity contribution in [2.45, 2.75) is 12.7 Å². The van der Waals surface area contributed by atoms with E-state index >= 15 is 0 Å². The molecule has 2 rings (SSSR count). The average molecular weight is 213 g/mol. The third-order valence-corrected chi connectivity index (χ3v) is 3.21. The second-order valence-corrected chi connectivity index (χ2v) is 4.65. The molecule has 0 aliphatic heterocycles. The van der Waals surface area contributed by atoms with Crippen molar-refractivity contribution in [1.29, 1.82) is 0 Å². The lowest BCUT2D eigenvalue weighted by atomic mass is 9.58. The van der Waals surface area contributed by atoms with Gasteiger partial charge in [0.05, 0.1) is 0 Å². The lowest BCUT2D eigenvalue weighted by molar-refractivity contribution is 0.629. The molecule has 0 radical (unpaired) electrons. The SMILES string of the molecule is CC([BH2-]c1cccc(F)c1)c1ccccc1. The molecular formula is C14H15BF-. The van der Waals surface area contributed by atoms with E-state index in [1.54, 1.807) is 12.1 Å². The minimum absolute atomic E-state index is 0.124. The van der Waals surface area contributed by atoms with Crippen molar-refractivity contribution in [2.24, 2.45) is 0 Å². The molecule has 0 N–H and O–H groups in total. The molecule has 0 aliphatic carbocycles. The summed E-state index contributed by atoms with van der Waals surface area (Å²) in [6, 6.07) is 17.4. The predicted molar refractivity (Wildman–Crippen MR) is 69.4 cm³/mol. The summed E-state index contributed by atoms with van der Waals surface area (Å²) in [6.45, 7) is 2.22. The van der Waals surface area contributed by atoms with Crippen LogP contribution in [0.3, 0.4) is 0 Å². The van der Waals surface area contributed by atoms with Crippen molar-refractivity contribution < 1.29 is 4.39 Å². The van der Waals surface area contributed by atoms with Crippen LogP contribution in [0, 0.1) is 5.82 Å². The van der Waals surface area contributed by atoms with E-state index in [9.17, 15) is 4.39 Å². The monoisotopic (exact) mass is 213 g/mol. The Morgan fingerprint density at radius 1 is 1.00 bits per heavy atom. The van der Waals surface area contributed by atoms with Gasteiger partial charge in [0.25, 0.3) is 0 Å². The van der Waals surface area contributed by atoms with Gasteiger partial charge in [-0.05, 0) is 6.07 Å². The van der Waals surface area contributed by atoms with Crippen LogP contribution in [0.4, 0.5) is 4.39 Å². The minimum Gasteiger partial charge on any atom is -0.214 e. The third-order valence-electron chi connectivity index (χ3n) is 3.21. The second-order valence-electron chi connectivity index (χ2n) is 4.65. The molecule has 0 fully saturated rings. The number of hydrogen-bond donors (Lipinski definition) is 0. The first kappa shape index (κ1) is 10.9. The van der Waals surface area contributed by atoms with Gasteiger partial charge in [0, 0.05) is 7.28 Å². The number of rotatable bonds is 3. The molecule has 0 heterocycles. The van der Waals surface area contributed by atoms with Crippen molar-refractivity contribution in [3.8, 4) is 0 Å². The molecule has 0 bridgehead atoms. The third kappa shape index (κ3) is 2.72. The van der Waals surface area contributed by atoms with E-state index in [4.69, 9.17) is 0 Å². The van der Waals surface area contributed by atoms with Gasteiger partial charge in [-0.15, -0.1) is 5.82 Å². The molecule has 0 amide bonds. The maximum Gasteiger partial charge on any atom is 0.120 e. The van der Waals surface area contributed by atoms with Crippen molar-refractivity contribution in [2.75, 3.05) is 0 Å². The first-order valence-electron chi connectivity index (χ1n) is 5.86. The number of halogens is 1. The molecule has 2 heteroatoms. The van der Waals surface area contributed by atoms with Crippen molar-refractivity contribution in [3.05, 3.63) is 66.0 Å². The van der Waals surface area contributed by atoms with Crippen LogP contribution >= 0.6 is 0 Å². The van der Waals surface area contributed by atoms with E-state index in [2.05, 4.69) is 31.2 Å². The van der Waals surface area contributed by atoms with Crippen LogP contribution in [0.2, 0.25) is 0 Å². The molecule has 1 atom stereocenters. The van der Waals surface area contributed by atoms with Gasteiger partial charge in [0.1, 0.15) is 5.82 Å². The lowest BCUT2D eigenvalue weighted by Crippen LogP contribution is -2.20. The highest BCUT2D eigenvalue weighted by Gasteiger charge is 2.00. The van der Waals surface area contributed by atoms with E-state index in [1.165, 1.54) is 17.1 Å². The van der Waals surface area contributed by atoms with E-state index in [0.29, 0.717) is 5.82 Å². The highest BCUT2D eigenvalue weighted by atomic mass is 19.1. The fraction of sp³-hybridized carbons (Fsp3) is 0.143. The zero-order valence-corrected chi connectivity index (χ0v) is 9.65. The summed E-state index contributed by atoms with van der Waals surface area (Å²) in [4.78, 5) is 0. The maximum atomic E-state index is 13.0. The number of benzene rings is 2. The Balaban J connectivity index is 2.11. The molecule has 0 nitrogen and oxygen atoms in total. The molecule has 0 aliphatic rings. The van der Waals surface area contributed by atoms with Crippen LogP contribution in [0.25, 0.3) is 0 Å². The average Bonchev–Trinajstić information content (AvgIpc) is 2.30. The van der Waals surface area contributed by atoms with Crippen LogP contribution in [0.5, 0.6) is 0 Å². The molecule has 16 heavy (non-hydrogen) atoms. The Hall–Kier alpha value is -1.57. The summed E-state index contributed by atoms with van der Waals surface area (Å²) >= 11 is 0. The molecule has 0 saturated carbocycles. The molecular weight excluding hydrogens is 198 g/mol. The summed E-state index contributed by atoms with van der Waals surface area (Å²) in [6.07, 6.45) is 0. The summed E-state index contributed by atoms with van der Waals surface area (Å²) in [5.41, 5.74) is 2.53. The molecule has 1 unspecified atom stereocenters. The lowest BCUT2D eigenvalue weighted by Gasteiger charge is -2.17. The van der Waals surface area contributed by atoms with Gasteiger partial charge < -0.3 is 0 Å². The summed E-state index contributed by atoms with van der Waals surface area (Å²) in [5, 5.41) is 0. The van der Waals surface area contributed by atoms with Gasteiger partial charge in [-0.25, -0.2) is 9.85 Å². The zero-order chi connectivity index (χ0) is 11.4. The van der Waals surface area contributed by atoms with Gasteiger partial charge in [-0.1, -0.05) is 61.0 Å². The molecule has 0 aromatic heterocycles. The molecule has 82 valence electrons. The Morgan fingerprint density at radius 2 is 1.75 bits per heavy atom. The highest BCUT2D eigenvalue weighted by molar-refractivity contribution is 6.54. The second kappa shape index (κ2) is 4.97. The molecule has 0 saturated heterocycles. The Bertz CT molecular complexity index is 453. The van der Waals surface area contributed by atoms with Crippen LogP contribution < -0.4 is 5.46 Å². The van der Waals surface area contributed by atoms with Crippen LogP contribution in [0.15, 0.2) is 54.6 Å². The Kier molecular flexibility index (Phi) is 3.40. The highest BCUT2D eigenvalue weighted by Crippen LogP contribution is 2.12. The molecule has 0 spiro atoms. The van der Waals surface area contributed by atoms with E-state index in [1.807, 2.05) is 12.1 Å². The maximum absolute atomic E-state index is 13.0.